The van der Waals surface area contributed by atoms with Crippen LogP contribution in [0.25, 0.3) is 27.6 Å². The molecular weight excluding hydrogens is 452 g/mol. The molecule has 0 amide bonds. The zero-order valence-corrected chi connectivity index (χ0v) is 22.3. The second-order valence-electron chi connectivity index (χ2n) is 8.33. The molecular formula is C30H36N2O4. The molecule has 3 aromatic rings. The van der Waals surface area contributed by atoms with E-state index in [-0.39, 0.29) is 0 Å². The van der Waals surface area contributed by atoms with E-state index in [1.165, 1.54) is 51.7 Å². The topological polar surface area (TPSA) is 62.6 Å². The number of hydrogen-bond donors (Lipinski definition) is 0. The van der Waals surface area contributed by atoms with Crippen molar-refractivity contribution in [1.82, 2.24) is 9.55 Å². The Hall–Kier alpha value is -3.80. The summed E-state index contributed by atoms with van der Waals surface area (Å²) in [5, 5.41) is 1.20. The lowest BCUT2D eigenvalue weighted by molar-refractivity contribution is -0.126. The quantitative estimate of drug-likeness (QED) is 0.380. The highest BCUT2D eigenvalue weighted by Gasteiger charge is 2.26. The second kappa shape index (κ2) is 12.2. The van der Waals surface area contributed by atoms with E-state index >= 15 is 0 Å². The Balaban J connectivity index is 0.000000550. The number of carbonyl (C=O) groups is 1. The zero-order valence-electron chi connectivity index (χ0n) is 22.3. The minimum Gasteiger partial charge on any atom is -0.497 e. The van der Waals surface area contributed by atoms with Crippen LogP contribution in [0.3, 0.4) is 0 Å². The number of carbonyl (C=O) groups excluding carboxylic acids is 1. The van der Waals surface area contributed by atoms with Crippen molar-refractivity contribution < 1.29 is 19.0 Å². The first-order chi connectivity index (χ1) is 17.5. The van der Waals surface area contributed by atoms with Crippen molar-refractivity contribution in [3.63, 3.8) is 0 Å². The number of nitrogens with zero attached hydrogens (tertiary/aromatic N) is 2. The summed E-state index contributed by atoms with van der Waals surface area (Å²) in [4.78, 5) is 13.6. The molecule has 0 saturated carbocycles. The number of allylic oxidation sites excluding steroid dienone is 4. The van der Waals surface area contributed by atoms with Crippen LogP contribution in [0.1, 0.15) is 43.6 Å². The predicted molar refractivity (Wildman–Crippen MR) is 145 cm³/mol. The van der Waals surface area contributed by atoms with Crippen LogP contribution in [0.2, 0.25) is 0 Å². The van der Waals surface area contributed by atoms with Crippen LogP contribution in [-0.2, 0) is 25.5 Å². The van der Waals surface area contributed by atoms with Crippen LogP contribution < -0.4 is 0 Å². The number of pyridine rings is 1. The van der Waals surface area contributed by atoms with Gasteiger partial charge < -0.3 is 18.8 Å². The van der Waals surface area contributed by atoms with E-state index in [2.05, 4.69) is 70.6 Å². The second-order valence-corrected chi connectivity index (χ2v) is 8.33. The van der Waals surface area contributed by atoms with Gasteiger partial charge in [-0.25, -0.2) is 0 Å². The lowest BCUT2D eigenvalue weighted by atomic mass is 9.95. The number of aryl methyl sites for hydroxylation is 1. The van der Waals surface area contributed by atoms with E-state index in [4.69, 9.17) is 14.3 Å². The summed E-state index contributed by atoms with van der Waals surface area (Å²) in [5.74, 6) is 1.68. The molecule has 1 aliphatic carbocycles. The van der Waals surface area contributed by atoms with E-state index in [0.717, 1.165) is 36.4 Å². The average molecular weight is 489 g/mol. The van der Waals surface area contributed by atoms with Gasteiger partial charge in [-0.15, -0.1) is 0 Å². The number of fused-ring (bicyclic) bond motifs is 4. The van der Waals surface area contributed by atoms with Gasteiger partial charge in [0.1, 0.15) is 5.76 Å². The molecule has 36 heavy (non-hydrogen) atoms. The molecule has 0 saturated heterocycles. The summed E-state index contributed by atoms with van der Waals surface area (Å²) in [6, 6.07) is 11.0. The van der Waals surface area contributed by atoms with E-state index in [9.17, 15) is 0 Å². The van der Waals surface area contributed by atoms with Gasteiger partial charge in [-0.05, 0) is 61.2 Å². The summed E-state index contributed by atoms with van der Waals surface area (Å²) in [6.45, 7) is 9.68. The molecule has 0 radical (unpaired) electrons. The van der Waals surface area contributed by atoms with Crippen molar-refractivity contribution in [1.29, 1.82) is 0 Å². The Kier molecular flexibility index (Phi) is 9.12. The fourth-order valence-corrected chi connectivity index (χ4v) is 4.71. The molecule has 0 N–H and O–H groups in total. The molecule has 1 aromatic carbocycles. The van der Waals surface area contributed by atoms with E-state index in [1.54, 1.807) is 14.2 Å². The van der Waals surface area contributed by atoms with Gasteiger partial charge in [0.2, 0.25) is 0 Å². The van der Waals surface area contributed by atoms with Crippen molar-refractivity contribution in [2.24, 2.45) is 0 Å². The van der Waals surface area contributed by atoms with E-state index < -0.39 is 0 Å². The molecule has 3 heterocycles. The molecule has 0 atom stereocenters. The van der Waals surface area contributed by atoms with Crippen molar-refractivity contribution >= 4 is 22.9 Å². The smallest absolute Gasteiger partial charge is 0.292 e. The van der Waals surface area contributed by atoms with Gasteiger partial charge >= 0.3 is 0 Å². The van der Waals surface area contributed by atoms with Gasteiger partial charge in [0.15, 0.2) is 5.76 Å². The molecule has 2 aliphatic rings. The SMILES string of the molecule is CC.COC1=C(OC)CC=C2CCn3c(cc(-c4cccc5ncc(C)cc45)c3C)C2=C1.COC=O. The maximum atomic E-state index is 8.95. The van der Waals surface area contributed by atoms with E-state index in [0.29, 0.717) is 6.47 Å². The van der Waals surface area contributed by atoms with Crippen LogP contribution in [-0.4, -0.2) is 37.4 Å². The lowest BCUT2D eigenvalue weighted by Gasteiger charge is -2.22. The molecule has 1 aliphatic heterocycles. The summed E-state index contributed by atoms with van der Waals surface area (Å²) in [5.41, 5.74) is 9.84. The number of hydrogen-bond acceptors (Lipinski definition) is 5. The normalized spacial score (nSPS) is 14.0. The fourth-order valence-electron chi connectivity index (χ4n) is 4.71. The molecule has 190 valence electrons. The Morgan fingerprint density at radius 2 is 1.78 bits per heavy atom. The minimum absolute atomic E-state index is 0.375. The van der Waals surface area contributed by atoms with Crippen molar-refractivity contribution in [3.8, 4) is 11.1 Å². The molecule has 0 fully saturated rings. The molecule has 6 nitrogen and oxygen atoms in total. The maximum absolute atomic E-state index is 8.95. The summed E-state index contributed by atoms with van der Waals surface area (Å²) >= 11 is 0. The van der Waals surface area contributed by atoms with Gasteiger partial charge in [0.25, 0.3) is 6.47 Å². The van der Waals surface area contributed by atoms with Crippen LogP contribution in [0.5, 0.6) is 0 Å². The summed E-state index contributed by atoms with van der Waals surface area (Å²) < 4.78 is 17.5. The number of benzene rings is 1. The van der Waals surface area contributed by atoms with Gasteiger partial charge in [-0.1, -0.05) is 32.1 Å². The molecule has 5 rings (SSSR count). The maximum Gasteiger partial charge on any atom is 0.292 e. The summed E-state index contributed by atoms with van der Waals surface area (Å²) in [7, 11) is 4.73. The number of aromatic nitrogens is 2. The molecule has 2 aromatic heterocycles. The first-order valence-corrected chi connectivity index (χ1v) is 12.3. The lowest BCUT2D eigenvalue weighted by Crippen LogP contribution is -2.12. The van der Waals surface area contributed by atoms with Crippen molar-refractivity contribution in [2.75, 3.05) is 21.3 Å². The molecule has 0 bridgehead atoms. The monoisotopic (exact) mass is 488 g/mol. The van der Waals surface area contributed by atoms with Gasteiger partial charge in [-0.2, -0.15) is 0 Å². The fraction of sp³-hybridized carbons (Fsp3) is 0.333. The highest BCUT2D eigenvalue weighted by atomic mass is 16.5. The van der Waals surface area contributed by atoms with Gasteiger partial charge in [-0.3, -0.25) is 9.78 Å². The van der Waals surface area contributed by atoms with E-state index in [1.807, 2.05) is 20.0 Å². The first kappa shape index (κ1) is 26.8. The third-order valence-corrected chi connectivity index (χ3v) is 6.39. The Morgan fingerprint density at radius 3 is 2.44 bits per heavy atom. The van der Waals surface area contributed by atoms with Crippen LogP contribution in [0, 0.1) is 13.8 Å². The third kappa shape index (κ3) is 5.23. The average Bonchev–Trinajstić information content (AvgIpc) is 3.13. The van der Waals surface area contributed by atoms with Crippen LogP contribution in [0.15, 0.2) is 65.8 Å². The zero-order chi connectivity index (χ0) is 26.2. The number of rotatable bonds is 4. The highest BCUT2D eigenvalue weighted by molar-refractivity contribution is 5.97. The number of ether oxygens (including phenoxy) is 3. The number of methoxy groups -OCH3 is 3. The Labute approximate surface area is 213 Å². The summed E-state index contributed by atoms with van der Waals surface area (Å²) in [6.07, 6.45) is 8.13. The Bertz CT molecular complexity index is 1330. The van der Waals surface area contributed by atoms with Crippen LogP contribution >= 0.6 is 0 Å². The predicted octanol–water partition coefficient (Wildman–Crippen LogP) is 6.76. The Morgan fingerprint density at radius 1 is 1.03 bits per heavy atom. The standard InChI is InChI=1S/C26H26N2O2.C2H4O2.C2H6/c1-16-12-22-19(6-5-7-23(22)27-15-16)20-13-24-21-14-26(30-4)25(29-3)9-8-18(21)10-11-28(24)17(20)2;1-4-2-3;1-2/h5-8,12-15H,9-11H2,1-4H3;2H,1H3;1-2H3. The van der Waals surface area contributed by atoms with Crippen molar-refractivity contribution in [2.45, 2.75) is 47.1 Å². The van der Waals surface area contributed by atoms with Gasteiger partial charge in [0, 0.05) is 47.1 Å². The third-order valence-electron chi connectivity index (χ3n) is 6.39. The molecule has 6 heteroatoms. The largest absolute Gasteiger partial charge is 0.497 e. The minimum atomic E-state index is 0.375. The van der Waals surface area contributed by atoms with Crippen molar-refractivity contribution in [3.05, 3.63) is 82.7 Å². The first-order valence-electron chi connectivity index (χ1n) is 12.3. The molecule has 0 spiro atoms. The van der Waals surface area contributed by atoms with Crippen LogP contribution in [0.4, 0.5) is 0 Å². The highest BCUT2D eigenvalue weighted by Crippen LogP contribution is 2.41. The van der Waals surface area contributed by atoms with Gasteiger partial charge in [0.05, 0.1) is 26.8 Å². The molecule has 0 unspecified atom stereocenters.